The number of halogens is 3. The van der Waals surface area contributed by atoms with Gasteiger partial charge in [0.15, 0.2) is 0 Å². The fourth-order valence-electron chi connectivity index (χ4n) is 3.12. The molecule has 1 unspecified atom stereocenters. The van der Waals surface area contributed by atoms with Crippen molar-refractivity contribution in [3.8, 4) is 0 Å². The minimum Gasteiger partial charge on any atom is -0.369 e. The maximum absolute atomic E-state index is 12.3. The molecule has 3 rings (SSSR count). The fourth-order valence-corrected chi connectivity index (χ4v) is 3.70. The largest absolute Gasteiger partial charge is 0.369 e. The Labute approximate surface area is 168 Å². The summed E-state index contributed by atoms with van der Waals surface area (Å²) in [5.41, 5.74) is 8.48. The van der Waals surface area contributed by atoms with Gasteiger partial charge in [0.25, 0.3) is 0 Å². The van der Waals surface area contributed by atoms with Crippen molar-refractivity contribution in [1.29, 1.82) is 0 Å². The lowest BCUT2D eigenvalue weighted by molar-refractivity contribution is -0.121. The van der Waals surface area contributed by atoms with Crippen molar-refractivity contribution in [1.82, 2.24) is 5.32 Å². The molecule has 2 aromatic carbocycles. The summed E-state index contributed by atoms with van der Waals surface area (Å²) in [6, 6.07) is 11.3. The molecule has 1 saturated heterocycles. The van der Waals surface area contributed by atoms with Crippen LogP contribution >= 0.6 is 34.8 Å². The second-order valence-corrected chi connectivity index (χ2v) is 7.63. The van der Waals surface area contributed by atoms with Gasteiger partial charge in [0.1, 0.15) is 0 Å². The van der Waals surface area contributed by atoms with Gasteiger partial charge in [-0.1, -0.05) is 46.9 Å². The Morgan fingerprint density at radius 1 is 1.12 bits per heavy atom. The molecule has 0 aromatic heterocycles. The number of benzene rings is 2. The first-order valence-electron chi connectivity index (χ1n) is 8.43. The summed E-state index contributed by atoms with van der Waals surface area (Å²) in [7, 11) is 0. The normalized spacial score (nSPS) is 16.8. The summed E-state index contributed by atoms with van der Waals surface area (Å²) < 4.78 is 0. The number of nitrogens with one attached hydrogen (secondary N) is 1. The second kappa shape index (κ2) is 8.49. The van der Waals surface area contributed by atoms with E-state index >= 15 is 0 Å². The number of carbonyl (C=O) groups is 1. The number of amides is 1. The van der Waals surface area contributed by atoms with Crippen LogP contribution in [0.5, 0.6) is 0 Å². The summed E-state index contributed by atoms with van der Waals surface area (Å²) in [6.45, 7) is 2.05. The lowest BCUT2D eigenvalue weighted by Gasteiger charge is -2.20. The Bertz CT molecular complexity index is 813. The summed E-state index contributed by atoms with van der Waals surface area (Å²) in [5.74, 6) is -0.0215. The van der Waals surface area contributed by atoms with Gasteiger partial charge in [-0.2, -0.15) is 0 Å². The molecule has 0 aliphatic carbocycles. The van der Waals surface area contributed by atoms with Gasteiger partial charge in [0, 0.05) is 36.4 Å². The Hall–Kier alpha value is -1.46. The van der Waals surface area contributed by atoms with Crippen LogP contribution in [0.15, 0.2) is 36.4 Å². The quantitative estimate of drug-likeness (QED) is 0.779. The van der Waals surface area contributed by atoms with Crippen LogP contribution in [0.2, 0.25) is 15.1 Å². The number of carbonyl (C=O) groups excluding carboxylic acids is 1. The zero-order valence-electron chi connectivity index (χ0n) is 14.1. The SMILES string of the molecule is NCc1ccc(N2CCC(NC(=O)Cc3ccc(Cl)c(Cl)c3)C2)cc1Cl. The molecule has 1 heterocycles. The highest BCUT2D eigenvalue weighted by molar-refractivity contribution is 6.42. The molecule has 0 radical (unpaired) electrons. The Kier molecular flexibility index (Phi) is 6.30. The summed E-state index contributed by atoms with van der Waals surface area (Å²) in [4.78, 5) is 14.5. The van der Waals surface area contributed by atoms with E-state index in [0.29, 0.717) is 21.6 Å². The monoisotopic (exact) mass is 411 g/mol. The van der Waals surface area contributed by atoms with Gasteiger partial charge in [-0.15, -0.1) is 0 Å². The van der Waals surface area contributed by atoms with Gasteiger partial charge < -0.3 is 16.0 Å². The summed E-state index contributed by atoms with van der Waals surface area (Å²) in [6.07, 6.45) is 1.17. The van der Waals surface area contributed by atoms with E-state index in [1.165, 1.54) is 0 Å². The second-order valence-electron chi connectivity index (χ2n) is 6.40. The number of nitrogens with zero attached hydrogens (tertiary/aromatic N) is 1. The predicted molar refractivity (Wildman–Crippen MR) is 108 cm³/mol. The first kappa shape index (κ1) is 19.3. The molecule has 1 atom stereocenters. The van der Waals surface area contributed by atoms with Crippen molar-refractivity contribution in [3.05, 3.63) is 62.6 Å². The zero-order chi connectivity index (χ0) is 18.7. The zero-order valence-corrected chi connectivity index (χ0v) is 16.4. The van der Waals surface area contributed by atoms with Crippen molar-refractivity contribution in [2.24, 2.45) is 5.73 Å². The van der Waals surface area contributed by atoms with Crippen LogP contribution in [0.1, 0.15) is 17.5 Å². The molecule has 138 valence electrons. The average Bonchev–Trinajstić information content (AvgIpc) is 3.06. The average molecular weight is 413 g/mol. The highest BCUT2D eigenvalue weighted by atomic mass is 35.5. The Morgan fingerprint density at radius 2 is 1.92 bits per heavy atom. The first-order valence-corrected chi connectivity index (χ1v) is 9.56. The Balaban J connectivity index is 1.56. The maximum Gasteiger partial charge on any atom is 0.224 e. The minimum absolute atomic E-state index is 0.0215. The van der Waals surface area contributed by atoms with Crippen molar-refractivity contribution in [2.45, 2.75) is 25.4 Å². The van der Waals surface area contributed by atoms with Crippen LogP contribution in [-0.2, 0) is 17.8 Å². The third-order valence-corrected chi connectivity index (χ3v) is 5.61. The highest BCUT2D eigenvalue weighted by Crippen LogP contribution is 2.26. The van der Waals surface area contributed by atoms with Gasteiger partial charge in [-0.3, -0.25) is 4.79 Å². The molecular weight excluding hydrogens is 393 g/mol. The molecule has 3 N–H and O–H groups in total. The van der Waals surface area contributed by atoms with Crippen LogP contribution < -0.4 is 16.0 Å². The molecule has 26 heavy (non-hydrogen) atoms. The lowest BCUT2D eigenvalue weighted by atomic mass is 10.1. The van der Waals surface area contributed by atoms with Crippen molar-refractivity contribution < 1.29 is 4.79 Å². The molecule has 7 heteroatoms. The Morgan fingerprint density at radius 3 is 2.62 bits per heavy atom. The molecule has 1 aliphatic rings. The van der Waals surface area contributed by atoms with Gasteiger partial charge >= 0.3 is 0 Å². The summed E-state index contributed by atoms with van der Waals surface area (Å²) >= 11 is 18.2. The van der Waals surface area contributed by atoms with E-state index in [0.717, 1.165) is 36.3 Å². The highest BCUT2D eigenvalue weighted by Gasteiger charge is 2.24. The molecule has 0 saturated carbocycles. The van der Waals surface area contributed by atoms with E-state index in [9.17, 15) is 4.79 Å². The molecule has 0 bridgehead atoms. The maximum atomic E-state index is 12.3. The van der Waals surface area contributed by atoms with E-state index < -0.39 is 0 Å². The van der Waals surface area contributed by atoms with Crippen molar-refractivity contribution in [2.75, 3.05) is 18.0 Å². The van der Waals surface area contributed by atoms with Crippen LogP contribution in [0, 0.1) is 0 Å². The third kappa shape index (κ3) is 4.63. The molecule has 1 amide bonds. The third-order valence-electron chi connectivity index (χ3n) is 4.52. The number of anilines is 1. The number of hydrogen-bond acceptors (Lipinski definition) is 3. The molecule has 2 aromatic rings. The molecule has 1 aliphatic heterocycles. The number of hydrogen-bond donors (Lipinski definition) is 2. The molecule has 4 nitrogen and oxygen atoms in total. The van der Waals surface area contributed by atoms with Crippen molar-refractivity contribution in [3.63, 3.8) is 0 Å². The molecule has 0 spiro atoms. The van der Waals surface area contributed by atoms with E-state index in [2.05, 4.69) is 10.2 Å². The lowest BCUT2D eigenvalue weighted by Crippen LogP contribution is -2.38. The van der Waals surface area contributed by atoms with E-state index in [-0.39, 0.29) is 18.4 Å². The van der Waals surface area contributed by atoms with Crippen LogP contribution in [0.4, 0.5) is 5.69 Å². The molecule has 1 fully saturated rings. The number of rotatable bonds is 5. The van der Waals surface area contributed by atoms with E-state index in [1.54, 1.807) is 12.1 Å². The smallest absolute Gasteiger partial charge is 0.224 e. The topological polar surface area (TPSA) is 58.4 Å². The summed E-state index contributed by atoms with van der Waals surface area (Å²) in [5, 5.41) is 4.71. The van der Waals surface area contributed by atoms with Crippen LogP contribution in [0.25, 0.3) is 0 Å². The number of nitrogens with two attached hydrogens (primary N) is 1. The first-order chi connectivity index (χ1) is 12.5. The van der Waals surface area contributed by atoms with Crippen molar-refractivity contribution >= 4 is 46.4 Å². The van der Waals surface area contributed by atoms with Gasteiger partial charge in [0.2, 0.25) is 5.91 Å². The van der Waals surface area contributed by atoms with Gasteiger partial charge in [-0.05, 0) is 41.8 Å². The van der Waals surface area contributed by atoms with E-state index in [1.807, 2.05) is 24.3 Å². The molecular formula is C19H20Cl3N3O. The van der Waals surface area contributed by atoms with E-state index in [4.69, 9.17) is 40.5 Å². The van der Waals surface area contributed by atoms with Crippen LogP contribution in [0.3, 0.4) is 0 Å². The minimum atomic E-state index is -0.0215. The standard InChI is InChI=1S/C19H20Cl3N3O/c20-16-4-1-12(7-18(16)22)8-19(26)24-14-5-6-25(11-14)15-3-2-13(10-23)17(21)9-15/h1-4,7,9,14H,5-6,8,10-11,23H2,(H,24,26). The van der Waals surface area contributed by atoms with Crippen LogP contribution in [-0.4, -0.2) is 25.0 Å². The predicted octanol–water partition coefficient (Wildman–Crippen LogP) is 4.04. The van der Waals surface area contributed by atoms with Gasteiger partial charge in [0.05, 0.1) is 16.5 Å². The fraction of sp³-hybridized carbons (Fsp3) is 0.316. The van der Waals surface area contributed by atoms with Gasteiger partial charge in [-0.25, -0.2) is 0 Å².